The van der Waals surface area contributed by atoms with Crippen molar-refractivity contribution in [2.24, 2.45) is 5.92 Å². The summed E-state index contributed by atoms with van der Waals surface area (Å²) >= 11 is 6.02. The van der Waals surface area contributed by atoms with Gasteiger partial charge in [0.05, 0.1) is 11.5 Å². The zero-order valence-corrected chi connectivity index (χ0v) is 21.2. The predicted octanol–water partition coefficient (Wildman–Crippen LogP) is 5.86. The monoisotopic (exact) mass is 502 g/mol. The molecule has 0 amide bonds. The zero-order chi connectivity index (χ0) is 25.1. The molecule has 36 heavy (non-hydrogen) atoms. The van der Waals surface area contributed by atoms with Crippen LogP contribution in [-0.2, 0) is 10.4 Å². The molecule has 3 heterocycles. The van der Waals surface area contributed by atoms with Crippen LogP contribution in [0.4, 0.5) is 0 Å². The summed E-state index contributed by atoms with van der Waals surface area (Å²) in [5.74, 6) is 1.11. The maximum absolute atomic E-state index is 12.7. The van der Waals surface area contributed by atoms with Crippen LogP contribution in [0.25, 0.3) is 5.57 Å². The molecule has 1 atom stereocenters. The van der Waals surface area contributed by atoms with Gasteiger partial charge in [-0.15, -0.1) is 0 Å². The molecule has 1 N–H and O–H groups in total. The van der Waals surface area contributed by atoms with Crippen LogP contribution in [0.15, 0.2) is 84.3 Å². The van der Waals surface area contributed by atoms with E-state index in [2.05, 4.69) is 22.0 Å². The van der Waals surface area contributed by atoms with E-state index in [1.165, 1.54) is 0 Å². The summed E-state index contributed by atoms with van der Waals surface area (Å²) in [6.45, 7) is 4.44. The lowest BCUT2D eigenvalue weighted by Crippen LogP contribution is -2.42. The fourth-order valence-corrected chi connectivity index (χ4v) is 5.30. The average molecular weight is 503 g/mol. The molecule has 186 valence electrons. The Morgan fingerprint density at radius 3 is 2.78 bits per heavy atom. The van der Waals surface area contributed by atoms with Crippen LogP contribution < -0.4 is 4.74 Å². The van der Waals surface area contributed by atoms with Crippen molar-refractivity contribution in [3.05, 3.63) is 100 Å². The maximum Gasteiger partial charge on any atom is 0.227 e. The van der Waals surface area contributed by atoms with Crippen LogP contribution in [0.2, 0.25) is 5.02 Å². The van der Waals surface area contributed by atoms with E-state index < -0.39 is 5.60 Å². The quantitative estimate of drug-likeness (QED) is 0.536. The summed E-state index contributed by atoms with van der Waals surface area (Å²) in [5.41, 5.74) is 2.98. The summed E-state index contributed by atoms with van der Waals surface area (Å²) in [6.07, 6.45) is 14.5. The molecule has 5 rings (SSSR count). The number of benzene rings is 1. The number of piperidine rings is 1. The number of carbonyl (C=O) groups excluding carboxylic acids is 1. The first-order valence-electron chi connectivity index (χ1n) is 12.6. The summed E-state index contributed by atoms with van der Waals surface area (Å²) < 4.78 is 6.18. The summed E-state index contributed by atoms with van der Waals surface area (Å²) in [4.78, 5) is 19.5. The van der Waals surface area contributed by atoms with E-state index in [1.807, 2.05) is 61.5 Å². The Bertz CT molecular complexity index is 1250. The third-order valence-electron chi connectivity index (χ3n) is 7.34. The van der Waals surface area contributed by atoms with Crippen molar-refractivity contribution in [3.8, 4) is 5.88 Å². The second kappa shape index (κ2) is 10.6. The number of ether oxygens (including phenoxy) is 1. The van der Waals surface area contributed by atoms with Gasteiger partial charge in [0.15, 0.2) is 0 Å². The van der Waals surface area contributed by atoms with Gasteiger partial charge in [-0.2, -0.15) is 0 Å². The van der Waals surface area contributed by atoms with Gasteiger partial charge in [0.1, 0.15) is 11.5 Å². The Hall–Kier alpha value is -2.99. The van der Waals surface area contributed by atoms with Crippen molar-refractivity contribution in [2.45, 2.75) is 38.2 Å². The van der Waals surface area contributed by atoms with Gasteiger partial charge in [0, 0.05) is 48.4 Å². The maximum atomic E-state index is 12.7. The highest BCUT2D eigenvalue weighted by molar-refractivity contribution is 6.30. The number of fused-ring (bicyclic) bond motifs is 2. The fourth-order valence-electron chi connectivity index (χ4n) is 5.17. The molecular formula is C30H31ClN2O3. The summed E-state index contributed by atoms with van der Waals surface area (Å²) in [5, 5.41) is 11.9. The minimum absolute atomic E-state index is 0.173. The number of hydrogen-bond donors (Lipinski definition) is 1. The Labute approximate surface area is 217 Å². The van der Waals surface area contributed by atoms with Crippen molar-refractivity contribution in [3.63, 3.8) is 0 Å². The summed E-state index contributed by atoms with van der Waals surface area (Å²) in [7, 11) is 0. The molecule has 1 aromatic heterocycles. The number of aliphatic hydroxyl groups is 1. The molecular weight excluding hydrogens is 472 g/mol. The molecule has 0 spiro atoms. The lowest BCUT2D eigenvalue weighted by atomic mass is 9.84. The minimum Gasteiger partial charge on any atom is -0.438 e. The number of allylic oxidation sites excluding steroid dienone is 6. The lowest BCUT2D eigenvalue weighted by Gasteiger charge is -2.38. The Morgan fingerprint density at radius 1 is 1.25 bits per heavy atom. The Balaban J connectivity index is 1.31. The van der Waals surface area contributed by atoms with Gasteiger partial charge in [-0.05, 0) is 66.8 Å². The largest absolute Gasteiger partial charge is 0.438 e. The normalized spacial score (nSPS) is 22.1. The Kier molecular flexibility index (Phi) is 7.24. The number of pyridine rings is 1. The Morgan fingerprint density at radius 2 is 2.03 bits per heavy atom. The van der Waals surface area contributed by atoms with Crippen molar-refractivity contribution >= 4 is 23.0 Å². The topological polar surface area (TPSA) is 62.7 Å². The van der Waals surface area contributed by atoms with Crippen LogP contribution in [0, 0.1) is 5.92 Å². The molecule has 5 nitrogen and oxygen atoms in total. The van der Waals surface area contributed by atoms with Crippen LogP contribution >= 0.6 is 11.6 Å². The van der Waals surface area contributed by atoms with E-state index in [0.717, 1.165) is 48.3 Å². The fraction of sp³-hybridized carbons (Fsp3) is 0.333. The van der Waals surface area contributed by atoms with E-state index in [0.29, 0.717) is 35.9 Å². The van der Waals surface area contributed by atoms with Crippen LogP contribution in [-0.4, -0.2) is 40.4 Å². The van der Waals surface area contributed by atoms with Crippen molar-refractivity contribution < 1.29 is 14.6 Å². The highest BCUT2D eigenvalue weighted by atomic mass is 35.5. The molecule has 0 bridgehead atoms. The molecule has 0 radical (unpaired) electrons. The highest BCUT2D eigenvalue weighted by Crippen LogP contribution is 2.38. The number of hydrogen-bond acceptors (Lipinski definition) is 5. The molecule has 2 aromatic rings. The SMILES string of the molecule is CCC(=O)C1C=CC=C2Oc3ncccc3C(=CCCN3CCC(O)(c4ccc(Cl)cc4)CC3)C=C21. The van der Waals surface area contributed by atoms with Crippen LogP contribution in [0.3, 0.4) is 0 Å². The van der Waals surface area contributed by atoms with Gasteiger partial charge >= 0.3 is 0 Å². The van der Waals surface area contributed by atoms with Crippen molar-refractivity contribution in [1.29, 1.82) is 0 Å². The number of aromatic nitrogens is 1. The van der Waals surface area contributed by atoms with Crippen LogP contribution in [0.1, 0.15) is 43.7 Å². The van der Waals surface area contributed by atoms with Gasteiger partial charge in [-0.25, -0.2) is 4.98 Å². The van der Waals surface area contributed by atoms with Gasteiger partial charge in [-0.3, -0.25) is 4.79 Å². The summed E-state index contributed by atoms with van der Waals surface area (Å²) in [6, 6.07) is 11.5. The van der Waals surface area contributed by atoms with Crippen molar-refractivity contribution in [1.82, 2.24) is 9.88 Å². The van der Waals surface area contributed by atoms with E-state index in [-0.39, 0.29) is 11.7 Å². The number of Topliss-reactive ketones (excluding diaryl/α,β-unsaturated/α-hetero) is 1. The second-order valence-electron chi connectivity index (χ2n) is 9.60. The molecule has 1 fully saturated rings. The molecule has 1 saturated heterocycles. The van der Waals surface area contributed by atoms with Gasteiger partial charge in [-0.1, -0.05) is 48.9 Å². The third-order valence-corrected chi connectivity index (χ3v) is 7.59. The van der Waals surface area contributed by atoms with Gasteiger partial charge < -0.3 is 14.7 Å². The molecule has 1 aromatic carbocycles. The average Bonchev–Trinajstić information content (AvgIpc) is 3.06. The first-order valence-corrected chi connectivity index (χ1v) is 13.0. The first kappa shape index (κ1) is 24.7. The molecule has 1 unspecified atom stereocenters. The van der Waals surface area contributed by atoms with E-state index >= 15 is 0 Å². The van der Waals surface area contributed by atoms with Crippen LogP contribution in [0.5, 0.6) is 5.88 Å². The van der Waals surface area contributed by atoms with Gasteiger partial charge in [0.25, 0.3) is 0 Å². The number of carbonyl (C=O) groups is 1. The minimum atomic E-state index is -0.800. The number of rotatable bonds is 6. The van der Waals surface area contributed by atoms with E-state index in [9.17, 15) is 9.90 Å². The van der Waals surface area contributed by atoms with Gasteiger partial charge in [0.2, 0.25) is 5.88 Å². The zero-order valence-electron chi connectivity index (χ0n) is 20.5. The number of nitrogens with zero attached hydrogens (tertiary/aromatic N) is 2. The first-order chi connectivity index (χ1) is 17.5. The number of ketones is 1. The predicted molar refractivity (Wildman–Crippen MR) is 143 cm³/mol. The number of likely N-dealkylation sites (tertiary alicyclic amines) is 1. The number of halogens is 1. The smallest absolute Gasteiger partial charge is 0.227 e. The molecule has 2 aliphatic heterocycles. The standard InChI is InChI=1S/C30H31ClN2O3/c1-2-27(34)25-7-3-9-28-26(25)20-21(24-8-4-16-32-29(24)36-28)6-5-17-33-18-14-30(35,15-19-33)22-10-12-23(31)13-11-22/h3-4,6-13,16,20,25,35H,2,5,14-15,17-19H2,1H3. The lowest BCUT2D eigenvalue weighted by molar-refractivity contribution is -0.120. The van der Waals surface area contributed by atoms with E-state index in [1.54, 1.807) is 6.20 Å². The molecule has 3 aliphatic rings. The molecule has 1 aliphatic carbocycles. The molecule has 6 heteroatoms. The third kappa shape index (κ3) is 5.10. The highest BCUT2D eigenvalue weighted by Gasteiger charge is 2.34. The molecule has 0 saturated carbocycles. The van der Waals surface area contributed by atoms with Crippen molar-refractivity contribution in [2.75, 3.05) is 19.6 Å². The van der Waals surface area contributed by atoms with E-state index in [4.69, 9.17) is 16.3 Å². The second-order valence-corrected chi connectivity index (χ2v) is 10.0.